The average Bonchev–Trinajstić information content (AvgIpc) is 2.45. The second kappa shape index (κ2) is 17.3. The summed E-state index contributed by atoms with van der Waals surface area (Å²) in [5.74, 6) is 0. The van der Waals surface area contributed by atoms with Gasteiger partial charge in [-0.05, 0) is 24.4 Å². The molecule has 0 aliphatic rings. The summed E-state index contributed by atoms with van der Waals surface area (Å²) in [6.45, 7) is 6.93. The third kappa shape index (κ3) is 15.6. The Morgan fingerprint density at radius 1 is 0.524 bits per heavy atom. The molecule has 0 rings (SSSR count). The molecule has 0 aromatic rings. The highest BCUT2D eigenvalue weighted by Gasteiger charge is 2.22. The molecule has 21 heavy (non-hydrogen) atoms. The van der Waals surface area contributed by atoms with E-state index in [1.54, 1.807) is 0 Å². The molecule has 0 fully saturated rings. The van der Waals surface area contributed by atoms with E-state index in [4.69, 9.17) is 0 Å². The van der Waals surface area contributed by atoms with Gasteiger partial charge in [0.05, 0.1) is 0 Å². The Bertz CT molecular complexity index is 163. The highest BCUT2D eigenvalue weighted by atomic mass is 79.9. The summed E-state index contributed by atoms with van der Waals surface area (Å²) < 4.78 is 0. The fraction of sp³-hybridized carbons (Fsp3) is 1.00. The van der Waals surface area contributed by atoms with Gasteiger partial charge in [0, 0.05) is 0 Å². The molecule has 0 saturated heterocycles. The van der Waals surface area contributed by atoms with Gasteiger partial charge < -0.3 is 0 Å². The summed E-state index contributed by atoms with van der Waals surface area (Å²) >= 11 is 0. The molecule has 1 atom stereocenters. The molecule has 0 bridgehead atoms. The van der Waals surface area contributed by atoms with Crippen LogP contribution in [0, 0.1) is 0 Å². The molecule has 0 aliphatic heterocycles. The molecule has 0 saturated carbocycles. The van der Waals surface area contributed by atoms with E-state index >= 15 is 0 Å². The van der Waals surface area contributed by atoms with Gasteiger partial charge in [0.15, 0.2) is 0 Å². The van der Waals surface area contributed by atoms with Crippen LogP contribution in [0.2, 0.25) is 0 Å². The van der Waals surface area contributed by atoms with Crippen LogP contribution in [0.25, 0.3) is 0 Å². The lowest BCUT2D eigenvalue weighted by atomic mass is 9.88. The predicted molar refractivity (Wildman–Crippen MR) is 109 cm³/mol. The maximum atomic E-state index is 3.27. The van der Waals surface area contributed by atoms with Crippen LogP contribution in [0.4, 0.5) is 0 Å². The predicted octanol–water partition coefficient (Wildman–Crippen LogP) is 8.09. The van der Waals surface area contributed by atoms with E-state index in [0.717, 1.165) is 0 Å². The summed E-state index contributed by atoms with van der Waals surface area (Å²) in [5, 5.41) is 0.565. The van der Waals surface area contributed by atoms with Crippen molar-refractivity contribution < 1.29 is 0 Å². The van der Waals surface area contributed by atoms with Gasteiger partial charge in [-0.25, -0.2) is 0 Å². The van der Waals surface area contributed by atoms with Gasteiger partial charge in [0.2, 0.25) is 0 Å². The molecule has 1 unspecified atom stereocenters. The van der Waals surface area contributed by atoms with E-state index in [2.05, 4.69) is 30.0 Å². The number of rotatable bonds is 15. The van der Waals surface area contributed by atoms with E-state index in [9.17, 15) is 0 Å². The molecular weight excluding hydrogens is 339 g/mol. The highest BCUT2D eigenvalue weighted by molar-refractivity contribution is 8.93. The van der Waals surface area contributed by atoms with E-state index in [1.165, 1.54) is 96.3 Å². The van der Waals surface area contributed by atoms with Gasteiger partial charge >= 0.3 is 0 Å². The van der Waals surface area contributed by atoms with Crippen molar-refractivity contribution in [2.75, 3.05) is 0 Å². The van der Waals surface area contributed by atoms with Crippen LogP contribution in [0.3, 0.4) is 0 Å². The number of halogens is 1. The molecule has 0 radical (unpaired) electrons. The van der Waals surface area contributed by atoms with Gasteiger partial charge in [-0.2, -0.15) is 0 Å². The van der Waals surface area contributed by atoms with Crippen LogP contribution >= 0.6 is 26.2 Å². The van der Waals surface area contributed by atoms with E-state index in [-0.39, 0.29) is 17.0 Å². The summed E-state index contributed by atoms with van der Waals surface area (Å²) in [6.07, 6.45) is 21.3. The van der Waals surface area contributed by atoms with Crippen molar-refractivity contribution >= 4 is 26.2 Å². The number of unbranched alkanes of at least 4 members (excludes halogenated alkanes) is 9. The van der Waals surface area contributed by atoms with Crippen molar-refractivity contribution in [2.45, 2.75) is 122 Å². The molecular formula is C19H42BrP. The lowest BCUT2D eigenvalue weighted by molar-refractivity contribution is 0.406. The Morgan fingerprint density at radius 2 is 0.810 bits per heavy atom. The quantitative estimate of drug-likeness (QED) is 0.199. The first kappa shape index (κ1) is 24.2. The van der Waals surface area contributed by atoms with Crippen LogP contribution in [0.15, 0.2) is 0 Å². The minimum atomic E-state index is 0. The Balaban J connectivity index is 0. The van der Waals surface area contributed by atoms with Gasteiger partial charge in [-0.1, -0.05) is 97.8 Å². The van der Waals surface area contributed by atoms with Crippen LogP contribution in [-0.2, 0) is 0 Å². The summed E-state index contributed by atoms with van der Waals surface area (Å²) in [4.78, 5) is 0. The monoisotopic (exact) mass is 380 g/mol. The second-order valence-electron chi connectivity index (χ2n) is 6.79. The van der Waals surface area contributed by atoms with Crippen LogP contribution in [-0.4, -0.2) is 5.16 Å². The molecule has 0 aliphatic carbocycles. The standard InChI is InChI=1S/C19H41P.BrH/c1-4-7-10-13-16-19(20,17-14-11-8-5-2)18-15-12-9-6-3;/h4-18,20H2,1-3H3;1H. The maximum absolute atomic E-state index is 3.27. The largest absolute Gasteiger partial charge is 0.131 e. The molecule has 0 N–H and O–H groups in total. The Hall–Kier alpha value is 0.910. The molecule has 0 aromatic carbocycles. The van der Waals surface area contributed by atoms with Crippen molar-refractivity contribution in [3.8, 4) is 0 Å². The zero-order chi connectivity index (χ0) is 15.1. The molecule has 130 valence electrons. The minimum Gasteiger partial charge on any atom is -0.131 e. The first-order valence-electron chi connectivity index (χ1n) is 9.47. The van der Waals surface area contributed by atoms with Crippen molar-refractivity contribution in [1.29, 1.82) is 0 Å². The van der Waals surface area contributed by atoms with Crippen molar-refractivity contribution in [3.63, 3.8) is 0 Å². The first-order chi connectivity index (χ1) is 9.68. The third-order valence-electron chi connectivity index (χ3n) is 4.58. The number of hydrogen-bond donors (Lipinski definition) is 0. The average molecular weight is 381 g/mol. The Kier molecular flexibility index (Phi) is 19.9. The van der Waals surface area contributed by atoms with Gasteiger partial charge in [0.1, 0.15) is 0 Å². The molecule has 0 nitrogen and oxygen atoms in total. The summed E-state index contributed by atoms with van der Waals surface area (Å²) in [7, 11) is 3.27. The van der Waals surface area contributed by atoms with Gasteiger partial charge in [-0.15, -0.1) is 26.2 Å². The molecule has 0 spiro atoms. The van der Waals surface area contributed by atoms with E-state index in [1.807, 2.05) is 0 Å². The first-order valence-corrected chi connectivity index (χ1v) is 10.0. The van der Waals surface area contributed by atoms with Crippen LogP contribution in [0.5, 0.6) is 0 Å². The fourth-order valence-electron chi connectivity index (χ4n) is 3.09. The molecule has 0 aromatic heterocycles. The Morgan fingerprint density at radius 3 is 1.05 bits per heavy atom. The SMILES string of the molecule is Br.CCCCCCC(P)(CCCCCC)CCCCCC. The lowest BCUT2D eigenvalue weighted by Gasteiger charge is -2.30. The molecule has 0 heterocycles. The van der Waals surface area contributed by atoms with Crippen molar-refractivity contribution in [2.24, 2.45) is 0 Å². The van der Waals surface area contributed by atoms with Crippen molar-refractivity contribution in [3.05, 3.63) is 0 Å². The number of hydrogen-bond acceptors (Lipinski definition) is 0. The van der Waals surface area contributed by atoms with Gasteiger partial charge in [-0.3, -0.25) is 0 Å². The van der Waals surface area contributed by atoms with E-state index in [0.29, 0.717) is 5.16 Å². The van der Waals surface area contributed by atoms with E-state index < -0.39 is 0 Å². The topological polar surface area (TPSA) is 0 Å². The summed E-state index contributed by atoms with van der Waals surface area (Å²) in [6, 6.07) is 0. The zero-order valence-electron chi connectivity index (χ0n) is 15.1. The Labute approximate surface area is 148 Å². The smallest absolute Gasteiger partial charge is 0.0150 e. The fourth-order valence-corrected chi connectivity index (χ4v) is 3.70. The summed E-state index contributed by atoms with van der Waals surface area (Å²) in [5.41, 5.74) is 0. The minimum absolute atomic E-state index is 0. The zero-order valence-corrected chi connectivity index (χ0v) is 18.0. The lowest BCUT2D eigenvalue weighted by Crippen LogP contribution is -2.20. The normalized spacial score (nSPS) is 11.4. The van der Waals surface area contributed by atoms with Crippen LogP contribution in [0.1, 0.15) is 117 Å². The molecule has 2 heteroatoms. The third-order valence-corrected chi connectivity index (χ3v) is 5.45. The molecule has 0 amide bonds. The van der Waals surface area contributed by atoms with Gasteiger partial charge in [0.25, 0.3) is 0 Å². The maximum Gasteiger partial charge on any atom is -0.0150 e. The highest BCUT2D eigenvalue weighted by Crippen LogP contribution is 2.37. The van der Waals surface area contributed by atoms with Crippen molar-refractivity contribution in [1.82, 2.24) is 0 Å². The second-order valence-corrected chi connectivity index (χ2v) is 8.02. The van der Waals surface area contributed by atoms with Crippen LogP contribution < -0.4 is 0 Å².